The van der Waals surface area contributed by atoms with Crippen LogP contribution < -0.4 is 10.1 Å². The Labute approximate surface area is 138 Å². The number of rotatable bonds is 7. The lowest BCUT2D eigenvalue weighted by Crippen LogP contribution is -2.13. The molecule has 2 heterocycles. The molecule has 0 spiro atoms. The number of anilines is 1. The van der Waals surface area contributed by atoms with Crippen molar-refractivity contribution >= 4 is 16.9 Å². The quantitative estimate of drug-likeness (QED) is 0.593. The number of methoxy groups -OCH3 is 1. The zero-order chi connectivity index (χ0) is 16.9. The van der Waals surface area contributed by atoms with Gasteiger partial charge >= 0.3 is 0 Å². The van der Waals surface area contributed by atoms with Crippen LogP contribution in [0, 0.1) is 0 Å². The van der Waals surface area contributed by atoms with Crippen molar-refractivity contribution in [2.45, 2.75) is 12.6 Å². The molecule has 24 heavy (non-hydrogen) atoms. The summed E-state index contributed by atoms with van der Waals surface area (Å²) < 4.78 is 6.72. The fourth-order valence-electron chi connectivity index (χ4n) is 2.43. The number of aliphatic hydroxyl groups excluding tert-OH is 2. The standard InChI is InChI=1S/C16H19N5O3/c1-24-12-4-2-11(3-5-12)14(23)9-17-15-13-8-20-21(6-7-22)16(13)19-10-18-15/h2-5,8,10,14,22-23H,6-7,9H2,1H3,(H,17,18,19)/t14-/m0/s1. The number of ether oxygens (including phenoxy) is 1. The van der Waals surface area contributed by atoms with Gasteiger partial charge in [-0.05, 0) is 17.7 Å². The summed E-state index contributed by atoms with van der Waals surface area (Å²) in [5, 5.41) is 27.4. The first-order chi connectivity index (χ1) is 11.7. The van der Waals surface area contributed by atoms with Gasteiger partial charge in [0.2, 0.25) is 0 Å². The van der Waals surface area contributed by atoms with Gasteiger partial charge in [0.05, 0.1) is 37.9 Å². The van der Waals surface area contributed by atoms with Gasteiger partial charge in [-0.3, -0.25) is 0 Å². The summed E-state index contributed by atoms with van der Waals surface area (Å²) in [5.41, 5.74) is 1.42. The normalized spacial score (nSPS) is 12.3. The lowest BCUT2D eigenvalue weighted by atomic mass is 10.1. The summed E-state index contributed by atoms with van der Waals surface area (Å²) in [4.78, 5) is 8.39. The highest BCUT2D eigenvalue weighted by Crippen LogP contribution is 2.21. The van der Waals surface area contributed by atoms with E-state index in [2.05, 4.69) is 20.4 Å². The predicted octanol–water partition coefficient (Wildman–Crippen LogP) is 0.973. The average Bonchev–Trinajstić information content (AvgIpc) is 3.04. The predicted molar refractivity (Wildman–Crippen MR) is 88.9 cm³/mol. The lowest BCUT2D eigenvalue weighted by molar-refractivity contribution is 0.191. The molecule has 0 aliphatic rings. The molecule has 0 unspecified atom stereocenters. The van der Waals surface area contributed by atoms with Crippen LogP contribution in [-0.4, -0.2) is 50.2 Å². The van der Waals surface area contributed by atoms with E-state index in [9.17, 15) is 5.11 Å². The monoisotopic (exact) mass is 329 g/mol. The van der Waals surface area contributed by atoms with Crippen molar-refractivity contribution in [1.29, 1.82) is 0 Å². The van der Waals surface area contributed by atoms with Gasteiger partial charge in [0.15, 0.2) is 5.65 Å². The molecule has 0 aliphatic carbocycles. The molecular formula is C16H19N5O3. The number of benzene rings is 1. The van der Waals surface area contributed by atoms with Gasteiger partial charge in [-0.15, -0.1) is 0 Å². The Balaban J connectivity index is 1.72. The van der Waals surface area contributed by atoms with Gasteiger partial charge in [-0.2, -0.15) is 5.10 Å². The SMILES string of the molecule is COc1ccc([C@@H](O)CNc2ncnc3c2cnn3CCO)cc1. The first-order valence-electron chi connectivity index (χ1n) is 7.56. The van der Waals surface area contributed by atoms with Crippen LogP contribution in [0.5, 0.6) is 5.75 Å². The molecule has 126 valence electrons. The summed E-state index contributed by atoms with van der Waals surface area (Å²) in [7, 11) is 1.60. The highest BCUT2D eigenvalue weighted by Gasteiger charge is 2.12. The van der Waals surface area contributed by atoms with Crippen molar-refractivity contribution < 1.29 is 14.9 Å². The van der Waals surface area contributed by atoms with E-state index in [0.717, 1.165) is 16.7 Å². The number of hydrogen-bond donors (Lipinski definition) is 3. The summed E-state index contributed by atoms with van der Waals surface area (Å²) >= 11 is 0. The number of nitrogens with one attached hydrogen (secondary N) is 1. The molecule has 3 N–H and O–H groups in total. The van der Waals surface area contributed by atoms with E-state index in [-0.39, 0.29) is 6.61 Å². The van der Waals surface area contributed by atoms with Gasteiger partial charge in [-0.25, -0.2) is 14.6 Å². The van der Waals surface area contributed by atoms with Crippen LogP contribution in [-0.2, 0) is 6.54 Å². The zero-order valence-electron chi connectivity index (χ0n) is 13.3. The zero-order valence-corrected chi connectivity index (χ0v) is 13.3. The molecular weight excluding hydrogens is 310 g/mol. The van der Waals surface area contributed by atoms with Gasteiger partial charge in [-0.1, -0.05) is 12.1 Å². The third-order valence-electron chi connectivity index (χ3n) is 3.71. The fourth-order valence-corrected chi connectivity index (χ4v) is 2.43. The van der Waals surface area contributed by atoms with Crippen LogP contribution in [0.3, 0.4) is 0 Å². The van der Waals surface area contributed by atoms with Gasteiger partial charge in [0, 0.05) is 6.54 Å². The molecule has 0 bridgehead atoms. The number of aliphatic hydroxyl groups is 2. The number of aromatic nitrogens is 4. The minimum Gasteiger partial charge on any atom is -0.497 e. The molecule has 8 heteroatoms. The third kappa shape index (κ3) is 3.29. The Hall–Kier alpha value is -2.71. The maximum Gasteiger partial charge on any atom is 0.163 e. The second kappa shape index (κ2) is 7.24. The summed E-state index contributed by atoms with van der Waals surface area (Å²) in [6.07, 6.45) is 2.39. The molecule has 0 aliphatic heterocycles. The van der Waals surface area contributed by atoms with Crippen LogP contribution in [0.25, 0.3) is 11.0 Å². The summed E-state index contributed by atoms with van der Waals surface area (Å²) in [6, 6.07) is 7.25. The molecule has 2 aromatic heterocycles. The Morgan fingerprint density at radius 2 is 2.04 bits per heavy atom. The second-order valence-electron chi connectivity index (χ2n) is 5.22. The fraction of sp³-hybridized carbons (Fsp3) is 0.312. The van der Waals surface area contributed by atoms with Crippen LogP contribution in [0.15, 0.2) is 36.8 Å². The van der Waals surface area contributed by atoms with E-state index < -0.39 is 6.10 Å². The average molecular weight is 329 g/mol. The van der Waals surface area contributed by atoms with Crippen molar-refractivity contribution in [2.75, 3.05) is 25.6 Å². The van der Waals surface area contributed by atoms with E-state index in [0.29, 0.717) is 24.6 Å². The van der Waals surface area contributed by atoms with Gasteiger partial charge < -0.3 is 20.3 Å². The molecule has 0 saturated carbocycles. The second-order valence-corrected chi connectivity index (χ2v) is 5.22. The topological polar surface area (TPSA) is 105 Å². The van der Waals surface area contributed by atoms with Crippen molar-refractivity contribution in [3.63, 3.8) is 0 Å². The van der Waals surface area contributed by atoms with E-state index in [1.807, 2.05) is 12.1 Å². The van der Waals surface area contributed by atoms with E-state index in [4.69, 9.17) is 9.84 Å². The molecule has 1 atom stereocenters. The van der Waals surface area contributed by atoms with Crippen molar-refractivity contribution in [2.24, 2.45) is 0 Å². The van der Waals surface area contributed by atoms with Crippen LogP contribution in [0.2, 0.25) is 0 Å². The van der Waals surface area contributed by atoms with E-state index >= 15 is 0 Å². The minimum absolute atomic E-state index is 0.0142. The smallest absolute Gasteiger partial charge is 0.163 e. The Kier molecular flexibility index (Phi) is 4.88. The summed E-state index contributed by atoms with van der Waals surface area (Å²) in [6.45, 7) is 0.651. The molecule has 0 radical (unpaired) electrons. The van der Waals surface area contributed by atoms with E-state index in [1.165, 1.54) is 6.33 Å². The Morgan fingerprint density at radius 1 is 1.25 bits per heavy atom. The Morgan fingerprint density at radius 3 is 2.75 bits per heavy atom. The number of hydrogen-bond acceptors (Lipinski definition) is 7. The minimum atomic E-state index is -0.687. The van der Waals surface area contributed by atoms with Crippen LogP contribution in [0.1, 0.15) is 11.7 Å². The maximum atomic E-state index is 10.3. The van der Waals surface area contributed by atoms with Crippen LogP contribution >= 0.6 is 0 Å². The first-order valence-corrected chi connectivity index (χ1v) is 7.56. The molecule has 0 fully saturated rings. The molecule has 3 rings (SSSR count). The first kappa shape index (κ1) is 16.2. The molecule has 8 nitrogen and oxygen atoms in total. The molecule has 0 amide bonds. The van der Waals surface area contributed by atoms with Crippen molar-refractivity contribution in [3.8, 4) is 5.75 Å². The largest absolute Gasteiger partial charge is 0.497 e. The molecule has 1 aromatic carbocycles. The maximum absolute atomic E-state index is 10.3. The van der Waals surface area contributed by atoms with E-state index in [1.54, 1.807) is 30.1 Å². The molecule has 3 aromatic rings. The summed E-state index contributed by atoms with van der Waals surface area (Å²) in [5.74, 6) is 1.34. The third-order valence-corrected chi connectivity index (χ3v) is 3.71. The number of fused-ring (bicyclic) bond motifs is 1. The lowest BCUT2D eigenvalue weighted by Gasteiger charge is -2.13. The Bertz CT molecular complexity index is 803. The van der Waals surface area contributed by atoms with Crippen molar-refractivity contribution in [3.05, 3.63) is 42.4 Å². The highest BCUT2D eigenvalue weighted by atomic mass is 16.5. The molecule has 0 saturated heterocycles. The highest BCUT2D eigenvalue weighted by molar-refractivity contribution is 5.86. The van der Waals surface area contributed by atoms with Crippen LogP contribution in [0.4, 0.5) is 5.82 Å². The van der Waals surface area contributed by atoms with Crippen molar-refractivity contribution in [1.82, 2.24) is 19.7 Å². The van der Waals surface area contributed by atoms with Gasteiger partial charge in [0.25, 0.3) is 0 Å². The number of nitrogens with zero attached hydrogens (tertiary/aromatic N) is 4. The van der Waals surface area contributed by atoms with Gasteiger partial charge in [0.1, 0.15) is 17.9 Å².